The van der Waals surface area contributed by atoms with Gasteiger partial charge in [0.2, 0.25) is 0 Å². The van der Waals surface area contributed by atoms with Crippen molar-refractivity contribution in [3.05, 3.63) is 71.8 Å². The van der Waals surface area contributed by atoms with E-state index >= 15 is 0 Å². The van der Waals surface area contributed by atoms with Crippen LogP contribution in [0.4, 0.5) is 0 Å². The molecule has 0 fully saturated rings. The molecule has 0 saturated heterocycles. The molecule has 0 saturated carbocycles. The number of carbonyl (C=O) groups is 1. The van der Waals surface area contributed by atoms with E-state index in [4.69, 9.17) is 4.74 Å². The van der Waals surface area contributed by atoms with Crippen molar-refractivity contribution in [1.82, 2.24) is 0 Å². The molecule has 3 nitrogen and oxygen atoms in total. The van der Waals surface area contributed by atoms with E-state index in [2.05, 4.69) is 6.58 Å². The van der Waals surface area contributed by atoms with Crippen LogP contribution in [0.2, 0.25) is 0 Å². The predicted octanol–water partition coefficient (Wildman–Crippen LogP) is 3.54. The lowest BCUT2D eigenvalue weighted by atomic mass is 10.0. The summed E-state index contributed by atoms with van der Waals surface area (Å²) < 4.78 is 5.51. The van der Waals surface area contributed by atoms with Crippen molar-refractivity contribution in [3.8, 4) is 11.1 Å². The first-order valence-electron chi connectivity index (χ1n) is 6.86. The van der Waals surface area contributed by atoms with Crippen LogP contribution in [0, 0.1) is 0 Å². The van der Waals surface area contributed by atoms with E-state index in [0.29, 0.717) is 0 Å². The molecule has 0 amide bonds. The Labute approximate surface area is 123 Å². The Hall–Kier alpha value is -2.39. The first-order valence-corrected chi connectivity index (χ1v) is 6.86. The first-order chi connectivity index (χ1) is 10.1. The number of rotatable bonds is 3. The minimum atomic E-state index is -0.560. The van der Waals surface area contributed by atoms with Crippen LogP contribution in [0.1, 0.15) is 35.8 Å². The minimum Gasteiger partial charge on any atom is -0.449 e. The lowest BCUT2D eigenvalue weighted by Crippen LogP contribution is -2.08. The van der Waals surface area contributed by atoms with Crippen LogP contribution in [0.25, 0.3) is 11.1 Å². The molecule has 2 unspecified atom stereocenters. The van der Waals surface area contributed by atoms with E-state index in [9.17, 15) is 9.90 Å². The molecule has 0 aromatic heterocycles. The highest BCUT2D eigenvalue weighted by molar-refractivity contribution is 5.84. The summed E-state index contributed by atoms with van der Waals surface area (Å²) in [6.45, 7) is 5.16. The zero-order valence-electron chi connectivity index (χ0n) is 11.7. The summed E-state index contributed by atoms with van der Waals surface area (Å²) in [5, 5.41) is 9.76. The average molecular weight is 280 g/mol. The number of aliphatic hydroxyl groups excluding tert-OH is 1. The zero-order valence-corrected chi connectivity index (χ0v) is 11.7. The fourth-order valence-electron chi connectivity index (χ4n) is 2.73. The maximum absolute atomic E-state index is 11.6. The molecular weight excluding hydrogens is 264 g/mol. The van der Waals surface area contributed by atoms with Gasteiger partial charge in [0, 0.05) is 17.2 Å². The van der Waals surface area contributed by atoms with Crippen LogP contribution in [0.3, 0.4) is 0 Å². The summed E-state index contributed by atoms with van der Waals surface area (Å²) in [5.41, 5.74) is 4.78. The number of aliphatic hydroxyl groups is 1. The summed E-state index contributed by atoms with van der Waals surface area (Å²) in [6, 6.07) is 13.6. The van der Waals surface area contributed by atoms with E-state index in [1.54, 1.807) is 6.92 Å². The van der Waals surface area contributed by atoms with Crippen molar-refractivity contribution in [2.45, 2.75) is 19.1 Å². The summed E-state index contributed by atoms with van der Waals surface area (Å²) in [6.07, 6.45) is 0.161. The topological polar surface area (TPSA) is 46.5 Å². The molecule has 0 aliphatic heterocycles. The van der Waals surface area contributed by atoms with E-state index in [1.165, 1.54) is 6.08 Å². The number of esters is 1. The highest BCUT2D eigenvalue weighted by Gasteiger charge is 2.31. The van der Waals surface area contributed by atoms with Gasteiger partial charge in [-0.05, 0) is 29.7 Å². The molecule has 21 heavy (non-hydrogen) atoms. The lowest BCUT2D eigenvalue weighted by molar-refractivity contribution is -0.141. The molecule has 0 heterocycles. The monoisotopic (exact) mass is 280 g/mol. The van der Waals surface area contributed by atoms with Gasteiger partial charge in [-0.1, -0.05) is 43.0 Å². The van der Waals surface area contributed by atoms with Crippen LogP contribution in [0.5, 0.6) is 0 Å². The maximum Gasteiger partial charge on any atom is 0.331 e. The van der Waals surface area contributed by atoms with E-state index < -0.39 is 18.2 Å². The second-order valence-electron chi connectivity index (χ2n) is 5.13. The predicted molar refractivity (Wildman–Crippen MR) is 80.6 cm³/mol. The Kier molecular flexibility index (Phi) is 3.35. The molecule has 3 heteroatoms. The van der Waals surface area contributed by atoms with Gasteiger partial charge in [0.15, 0.2) is 6.10 Å². The molecule has 0 bridgehead atoms. The van der Waals surface area contributed by atoms with E-state index in [-0.39, 0.29) is 0 Å². The second-order valence-corrected chi connectivity index (χ2v) is 5.13. The molecule has 1 N–H and O–H groups in total. The Morgan fingerprint density at radius 1 is 1.24 bits per heavy atom. The van der Waals surface area contributed by atoms with Crippen LogP contribution in [-0.4, -0.2) is 11.1 Å². The summed E-state index contributed by atoms with van der Waals surface area (Å²) >= 11 is 0. The fourth-order valence-corrected chi connectivity index (χ4v) is 2.73. The van der Waals surface area contributed by atoms with Gasteiger partial charge >= 0.3 is 5.97 Å². The normalized spacial score (nSPS) is 16.8. The van der Waals surface area contributed by atoms with Crippen molar-refractivity contribution >= 4 is 5.97 Å². The maximum atomic E-state index is 11.6. The molecule has 3 rings (SSSR count). The fraction of sp³-hybridized carbons (Fsp3) is 0.167. The Morgan fingerprint density at radius 3 is 2.67 bits per heavy atom. The smallest absolute Gasteiger partial charge is 0.331 e. The quantitative estimate of drug-likeness (QED) is 0.691. The van der Waals surface area contributed by atoms with Gasteiger partial charge in [-0.2, -0.15) is 0 Å². The van der Waals surface area contributed by atoms with Crippen molar-refractivity contribution in [1.29, 1.82) is 0 Å². The van der Waals surface area contributed by atoms with Gasteiger partial charge in [-0.15, -0.1) is 0 Å². The molecule has 0 spiro atoms. The minimum absolute atomic E-state index is 0.444. The number of fused-ring (bicyclic) bond motifs is 3. The third-order valence-electron chi connectivity index (χ3n) is 3.77. The summed E-state index contributed by atoms with van der Waals surface area (Å²) in [4.78, 5) is 11.6. The van der Waals surface area contributed by atoms with Gasteiger partial charge in [0.25, 0.3) is 0 Å². The van der Waals surface area contributed by atoms with Gasteiger partial charge < -0.3 is 9.84 Å². The highest BCUT2D eigenvalue weighted by atomic mass is 16.5. The zero-order chi connectivity index (χ0) is 15.0. The molecule has 2 aromatic rings. The molecule has 1 aliphatic rings. The number of hydrogen-bond donors (Lipinski definition) is 1. The first kappa shape index (κ1) is 13.6. The van der Waals surface area contributed by atoms with Crippen LogP contribution >= 0.6 is 0 Å². The molecular formula is C18H16O3. The van der Waals surface area contributed by atoms with Crippen molar-refractivity contribution in [3.63, 3.8) is 0 Å². The van der Waals surface area contributed by atoms with Crippen molar-refractivity contribution in [2.75, 3.05) is 0 Å². The SMILES string of the molecule is C=CC(=O)OC1c2ccccc2-c2ccc(C(C)O)cc21. The van der Waals surface area contributed by atoms with Crippen LogP contribution in [-0.2, 0) is 9.53 Å². The van der Waals surface area contributed by atoms with E-state index in [0.717, 1.165) is 27.8 Å². The number of hydrogen-bond acceptors (Lipinski definition) is 3. The van der Waals surface area contributed by atoms with Gasteiger partial charge in [0.05, 0.1) is 6.10 Å². The summed E-state index contributed by atoms with van der Waals surface area (Å²) in [7, 11) is 0. The molecule has 2 aromatic carbocycles. The van der Waals surface area contributed by atoms with Gasteiger partial charge in [-0.25, -0.2) is 4.79 Å². The Balaban J connectivity index is 2.14. The third kappa shape index (κ3) is 2.26. The molecule has 1 aliphatic carbocycles. The third-order valence-corrected chi connectivity index (χ3v) is 3.77. The molecule has 106 valence electrons. The Bertz CT molecular complexity index is 716. The van der Waals surface area contributed by atoms with Crippen molar-refractivity contribution < 1.29 is 14.6 Å². The Morgan fingerprint density at radius 2 is 1.95 bits per heavy atom. The number of ether oxygens (including phenoxy) is 1. The molecule has 2 atom stereocenters. The largest absolute Gasteiger partial charge is 0.449 e. The van der Waals surface area contributed by atoms with Crippen molar-refractivity contribution in [2.24, 2.45) is 0 Å². The highest BCUT2D eigenvalue weighted by Crippen LogP contribution is 2.46. The second kappa shape index (κ2) is 5.19. The number of carbonyl (C=O) groups excluding carboxylic acids is 1. The lowest BCUT2D eigenvalue weighted by Gasteiger charge is -2.15. The van der Waals surface area contributed by atoms with Crippen LogP contribution in [0.15, 0.2) is 55.1 Å². The van der Waals surface area contributed by atoms with Gasteiger partial charge in [0.1, 0.15) is 0 Å². The standard InChI is InChI=1S/C18H16O3/c1-3-17(20)21-18-15-7-5-4-6-13(15)14-9-8-12(11(2)19)10-16(14)18/h3-11,18-19H,1H2,2H3. The van der Waals surface area contributed by atoms with Crippen LogP contribution < -0.4 is 0 Å². The molecule has 0 radical (unpaired) electrons. The van der Waals surface area contributed by atoms with E-state index in [1.807, 2.05) is 42.5 Å². The number of benzene rings is 2. The average Bonchev–Trinajstić information content (AvgIpc) is 2.81. The summed E-state index contributed by atoms with van der Waals surface area (Å²) in [5.74, 6) is -0.454. The van der Waals surface area contributed by atoms with Gasteiger partial charge in [-0.3, -0.25) is 0 Å².